The molecule has 16 heavy (non-hydrogen) atoms. The smallest absolute Gasteiger partial charge is 0.145 e. The fourth-order valence-electron chi connectivity index (χ4n) is 1.88. The minimum absolute atomic E-state index is 0. The number of hydrogen-bond donors (Lipinski definition) is 1. The lowest BCUT2D eigenvalue weighted by atomic mass is 9.77. The molecule has 1 aromatic rings. The van der Waals surface area contributed by atoms with Crippen molar-refractivity contribution in [1.82, 2.24) is 0 Å². The van der Waals surface area contributed by atoms with Gasteiger partial charge >= 0.3 is 0 Å². The molecule has 0 saturated heterocycles. The van der Waals surface area contributed by atoms with Gasteiger partial charge in [0.1, 0.15) is 11.6 Å². The molecule has 2 N–H and O–H groups in total. The van der Waals surface area contributed by atoms with Crippen molar-refractivity contribution < 1.29 is 8.78 Å². The summed E-state index contributed by atoms with van der Waals surface area (Å²) in [6, 6.07) is 2.10. The standard InChI is InChI=1S/C11H12BrF2N.ClH/c12-7-4-5-8(13)9(10(7)14)11(15)6-2-1-3-6;/h4-6,11H,1-3,15H2;1H/t11-;/m0./s1. The minimum Gasteiger partial charge on any atom is -0.324 e. The number of rotatable bonds is 2. The first-order valence-corrected chi connectivity index (χ1v) is 5.79. The maximum atomic E-state index is 13.7. The van der Waals surface area contributed by atoms with E-state index in [-0.39, 0.29) is 28.4 Å². The van der Waals surface area contributed by atoms with Gasteiger partial charge in [-0.2, -0.15) is 0 Å². The highest BCUT2D eigenvalue weighted by atomic mass is 79.9. The molecule has 1 fully saturated rings. The van der Waals surface area contributed by atoms with Gasteiger partial charge in [-0.15, -0.1) is 12.4 Å². The van der Waals surface area contributed by atoms with Crippen molar-refractivity contribution in [2.75, 3.05) is 0 Å². The normalized spacial score (nSPS) is 17.5. The molecule has 1 aliphatic rings. The topological polar surface area (TPSA) is 26.0 Å². The molecule has 0 bridgehead atoms. The number of halogens is 4. The van der Waals surface area contributed by atoms with E-state index in [0.717, 1.165) is 19.3 Å². The molecule has 0 heterocycles. The molecule has 1 saturated carbocycles. The van der Waals surface area contributed by atoms with Crippen LogP contribution in [0.25, 0.3) is 0 Å². The SMILES string of the molecule is Cl.N[C@H](c1c(F)ccc(Br)c1F)C1CCC1. The van der Waals surface area contributed by atoms with Crippen molar-refractivity contribution in [3.8, 4) is 0 Å². The van der Waals surface area contributed by atoms with Gasteiger partial charge < -0.3 is 5.73 Å². The van der Waals surface area contributed by atoms with Crippen molar-refractivity contribution >= 4 is 28.3 Å². The van der Waals surface area contributed by atoms with E-state index in [1.165, 1.54) is 12.1 Å². The molecular weight excluding hydrogens is 299 g/mol. The highest BCUT2D eigenvalue weighted by Crippen LogP contribution is 2.38. The number of benzene rings is 1. The van der Waals surface area contributed by atoms with E-state index in [1.807, 2.05) is 0 Å². The molecule has 5 heteroatoms. The van der Waals surface area contributed by atoms with Gasteiger partial charge in [-0.25, -0.2) is 8.78 Å². The van der Waals surface area contributed by atoms with Gasteiger partial charge in [0.15, 0.2) is 0 Å². The summed E-state index contributed by atoms with van der Waals surface area (Å²) < 4.78 is 27.4. The Morgan fingerprint density at radius 2 is 1.94 bits per heavy atom. The third-order valence-electron chi connectivity index (χ3n) is 3.07. The summed E-state index contributed by atoms with van der Waals surface area (Å²) >= 11 is 3.04. The molecule has 1 nitrogen and oxygen atoms in total. The summed E-state index contributed by atoms with van der Waals surface area (Å²) in [5.41, 5.74) is 5.89. The molecule has 1 aliphatic carbocycles. The van der Waals surface area contributed by atoms with Crippen LogP contribution in [0.1, 0.15) is 30.9 Å². The molecule has 1 aromatic carbocycles. The molecule has 0 aromatic heterocycles. The summed E-state index contributed by atoms with van der Waals surface area (Å²) in [5, 5.41) is 0. The van der Waals surface area contributed by atoms with E-state index in [0.29, 0.717) is 0 Å². The summed E-state index contributed by atoms with van der Waals surface area (Å²) in [4.78, 5) is 0. The second-order valence-corrected chi connectivity index (χ2v) is 4.83. The van der Waals surface area contributed by atoms with Gasteiger partial charge in [0.05, 0.1) is 4.47 Å². The molecule has 90 valence electrons. The van der Waals surface area contributed by atoms with E-state index in [2.05, 4.69) is 15.9 Å². The molecule has 0 amide bonds. The highest BCUT2D eigenvalue weighted by molar-refractivity contribution is 9.10. The zero-order chi connectivity index (χ0) is 11.0. The van der Waals surface area contributed by atoms with E-state index in [4.69, 9.17) is 5.73 Å². The Morgan fingerprint density at radius 1 is 1.31 bits per heavy atom. The van der Waals surface area contributed by atoms with Crippen LogP contribution in [0.15, 0.2) is 16.6 Å². The van der Waals surface area contributed by atoms with Crippen molar-refractivity contribution in [2.45, 2.75) is 25.3 Å². The van der Waals surface area contributed by atoms with Crippen LogP contribution in [0.3, 0.4) is 0 Å². The second kappa shape index (κ2) is 5.43. The van der Waals surface area contributed by atoms with Crippen LogP contribution >= 0.6 is 28.3 Å². The Kier molecular flexibility index (Phi) is 4.71. The van der Waals surface area contributed by atoms with Crippen LogP contribution in [0.5, 0.6) is 0 Å². The van der Waals surface area contributed by atoms with Crippen LogP contribution < -0.4 is 5.73 Å². The predicted octanol–water partition coefficient (Wildman–Crippen LogP) is 3.95. The second-order valence-electron chi connectivity index (χ2n) is 3.97. The Balaban J connectivity index is 0.00000128. The monoisotopic (exact) mass is 311 g/mol. The predicted molar refractivity (Wildman–Crippen MR) is 65.6 cm³/mol. The number of hydrogen-bond acceptors (Lipinski definition) is 1. The summed E-state index contributed by atoms with van der Waals surface area (Å²) in [6.07, 6.45) is 3.04. The molecule has 0 radical (unpaired) electrons. The molecule has 1 atom stereocenters. The number of nitrogens with two attached hydrogens (primary N) is 1. The van der Waals surface area contributed by atoms with Crippen molar-refractivity contribution in [3.05, 3.63) is 33.8 Å². The summed E-state index contributed by atoms with van der Waals surface area (Å²) in [5.74, 6) is -0.882. The fourth-order valence-corrected chi connectivity index (χ4v) is 2.23. The van der Waals surface area contributed by atoms with E-state index in [9.17, 15) is 8.78 Å². The first kappa shape index (κ1) is 13.9. The van der Waals surface area contributed by atoms with E-state index >= 15 is 0 Å². The zero-order valence-corrected chi connectivity index (χ0v) is 11.0. The maximum Gasteiger partial charge on any atom is 0.145 e. The van der Waals surface area contributed by atoms with Gasteiger partial charge in [-0.05, 0) is 46.8 Å². The van der Waals surface area contributed by atoms with Crippen LogP contribution in [-0.2, 0) is 0 Å². The molecule has 0 unspecified atom stereocenters. The van der Waals surface area contributed by atoms with Crippen LogP contribution in [0, 0.1) is 17.6 Å². The third-order valence-corrected chi connectivity index (χ3v) is 3.68. The average molecular weight is 313 g/mol. The fraction of sp³-hybridized carbons (Fsp3) is 0.455. The highest BCUT2D eigenvalue weighted by Gasteiger charge is 2.30. The molecule has 2 rings (SSSR count). The van der Waals surface area contributed by atoms with E-state index < -0.39 is 17.7 Å². The molecule has 0 spiro atoms. The lowest BCUT2D eigenvalue weighted by Crippen LogP contribution is -2.28. The van der Waals surface area contributed by atoms with Gasteiger partial charge in [0, 0.05) is 11.6 Å². The van der Waals surface area contributed by atoms with Crippen molar-refractivity contribution in [1.29, 1.82) is 0 Å². The third kappa shape index (κ3) is 2.39. The summed E-state index contributed by atoms with van der Waals surface area (Å²) in [7, 11) is 0. The first-order chi connectivity index (χ1) is 7.11. The summed E-state index contributed by atoms with van der Waals surface area (Å²) in [6.45, 7) is 0. The lowest BCUT2D eigenvalue weighted by Gasteiger charge is -2.31. The van der Waals surface area contributed by atoms with Crippen LogP contribution in [0.4, 0.5) is 8.78 Å². The van der Waals surface area contributed by atoms with Crippen molar-refractivity contribution in [2.24, 2.45) is 11.7 Å². The largest absolute Gasteiger partial charge is 0.324 e. The average Bonchev–Trinajstić information content (AvgIpc) is 2.09. The maximum absolute atomic E-state index is 13.7. The Morgan fingerprint density at radius 3 is 2.44 bits per heavy atom. The van der Waals surface area contributed by atoms with Gasteiger partial charge in [0.25, 0.3) is 0 Å². The Bertz CT molecular complexity index is 382. The van der Waals surface area contributed by atoms with Crippen LogP contribution in [-0.4, -0.2) is 0 Å². The molecule has 0 aliphatic heterocycles. The Labute approximate surface area is 108 Å². The van der Waals surface area contributed by atoms with Gasteiger partial charge in [-0.3, -0.25) is 0 Å². The minimum atomic E-state index is -0.561. The Hall–Kier alpha value is -0.190. The first-order valence-electron chi connectivity index (χ1n) is 5.00. The zero-order valence-electron chi connectivity index (χ0n) is 8.55. The quantitative estimate of drug-likeness (QED) is 0.822. The van der Waals surface area contributed by atoms with E-state index in [1.54, 1.807) is 0 Å². The van der Waals surface area contributed by atoms with Gasteiger partial charge in [0.2, 0.25) is 0 Å². The lowest BCUT2D eigenvalue weighted by molar-refractivity contribution is 0.256. The van der Waals surface area contributed by atoms with Gasteiger partial charge in [-0.1, -0.05) is 6.42 Å². The van der Waals surface area contributed by atoms with Crippen molar-refractivity contribution in [3.63, 3.8) is 0 Å². The molecular formula is C11H13BrClF2N. The van der Waals surface area contributed by atoms with Crippen LogP contribution in [0.2, 0.25) is 0 Å².